The first kappa shape index (κ1) is 39.0. The number of phosphoric acid groups is 2. The number of aromatic amines is 1. The van der Waals surface area contributed by atoms with Gasteiger partial charge >= 0.3 is 15.6 Å². The molecule has 55 heavy (non-hydrogen) atoms. The van der Waals surface area contributed by atoms with Gasteiger partial charge in [0.05, 0.1) is 25.9 Å². The molecule has 2 aliphatic rings. The van der Waals surface area contributed by atoms with Gasteiger partial charge in [0.25, 0.3) is 5.56 Å². The number of rotatable bonds is 14. The molecule has 2 saturated heterocycles. The number of hydrogen-bond donors (Lipinski definition) is 8. The van der Waals surface area contributed by atoms with Gasteiger partial charge in [-0.15, -0.1) is 0 Å². The summed E-state index contributed by atoms with van der Waals surface area (Å²) in [6.07, 6.45) is -7.82. The standard InChI is InChI=1S/C29H36N10O14P2/c1-13-3-5-14(6-4-13)7-31-23-17-24(33-10-32-23)38(11-34-17)28-22(48-2)21(16(52-28)9-49-54(43,44)45)53-55(46,47)50-8-15-19(40)20(41)27(51-15)39-12-35-18-25(39)36-29(30)37-26(18)42/h3-6,10-12,15-16,19-22,27-28,40-41H,7-9H2,1-2H3,(H,46,47)(H,31,32,33)(H2,43,44,45)(H3,30,36,37,42)/t15-,16-,19?,20?,21?,22?,27-,28-/m1/s1. The number of phosphoric ester groups is 2. The second-order valence-corrected chi connectivity index (χ2v) is 15.2. The number of fused-ring (bicyclic) bond motifs is 2. The molecule has 26 heteroatoms. The fraction of sp³-hybridized carbons (Fsp3) is 0.448. The van der Waals surface area contributed by atoms with Gasteiger partial charge in [-0.2, -0.15) is 4.98 Å². The van der Waals surface area contributed by atoms with E-state index in [0.717, 1.165) is 22.0 Å². The highest BCUT2D eigenvalue weighted by Crippen LogP contribution is 2.50. The number of imidazole rings is 2. The molecule has 24 nitrogen and oxygen atoms in total. The number of aliphatic hydroxyl groups excluding tert-OH is 2. The number of nitrogens with zero attached hydrogens (tertiary/aromatic N) is 7. The number of aliphatic hydroxyl groups is 2. The first-order chi connectivity index (χ1) is 26.1. The monoisotopic (exact) mass is 810 g/mol. The summed E-state index contributed by atoms with van der Waals surface area (Å²) in [6.45, 7) is 0.755. The van der Waals surface area contributed by atoms with Crippen LogP contribution in [0.1, 0.15) is 23.6 Å². The summed E-state index contributed by atoms with van der Waals surface area (Å²) in [4.78, 5) is 65.2. The Morgan fingerprint density at radius 3 is 2.27 bits per heavy atom. The van der Waals surface area contributed by atoms with Crippen molar-refractivity contribution >= 4 is 49.7 Å². The summed E-state index contributed by atoms with van der Waals surface area (Å²) < 4.78 is 60.4. The van der Waals surface area contributed by atoms with Gasteiger partial charge in [0, 0.05) is 13.7 Å². The minimum absolute atomic E-state index is 0.0629. The van der Waals surface area contributed by atoms with E-state index in [4.69, 9.17) is 29.0 Å². The normalized spacial score (nSPS) is 26.9. The molecule has 5 unspecified atom stereocenters. The second kappa shape index (κ2) is 15.3. The molecule has 0 bridgehead atoms. The number of hydrogen-bond acceptors (Lipinski definition) is 18. The first-order valence-electron chi connectivity index (χ1n) is 16.4. The summed E-state index contributed by atoms with van der Waals surface area (Å²) in [5.74, 6) is 0.144. The van der Waals surface area contributed by atoms with Crippen molar-refractivity contribution in [3.05, 3.63) is 64.7 Å². The van der Waals surface area contributed by atoms with E-state index in [2.05, 4.69) is 39.7 Å². The maximum atomic E-state index is 13.4. The molecule has 4 aromatic heterocycles. The van der Waals surface area contributed by atoms with Gasteiger partial charge in [0.15, 0.2) is 40.6 Å². The summed E-state index contributed by atoms with van der Waals surface area (Å²) in [7, 11) is -8.98. The van der Waals surface area contributed by atoms with Crippen LogP contribution in [0.3, 0.4) is 0 Å². The van der Waals surface area contributed by atoms with E-state index in [1.807, 2.05) is 31.2 Å². The Kier molecular flexibility index (Phi) is 10.9. The largest absolute Gasteiger partial charge is 0.472 e. The number of aryl methyl sites for hydroxylation is 1. The van der Waals surface area contributed by atoms with E-state index in [0.29, 0.717) is 17.9 Å². The van der Waals surface area contributed by atoms with Gasteiger partial charge in [-0.25, -0.2) is 29.1 Å². The lowest BCUT2D eigenvalue weighted by Crippen LogP contribution is -2.38. The number of methoxy groups -OCH3 is 1. The molecule has 2 fully saturated rings. The van der Waals surface area contributed by atoms with Crippen LogP contribution in [0.15, 0.2) is 48.0 Å². The quantitative estimate of drug-likeness (QED) is 0.0662. The van der Waals surface area contributed by atoms with Crippen molar-refractivity contribution < 1.29 is 61.8 Å². The highest BCUT2D eigenvalue weighted by Gasteiger charge is 2.52. The molecule has 1 aromatic carbocycles. The van der Waals surface area contributed by atoms with Crippen LogP contribution in [-0.4, -0.2) is 121 Å². The van der Waals surface area contributed by atoms with Crippen molar-refractivity contribution in [2.24, 2.45) is 0 Å². The number of nitrogens with two attached hydrogens (primary N) is 1. The summed E-state index contributed by atoms with van der Waals surface area (Å²) in [5, 5.41) is 24.7. The van der Waals surface area contributed by atoms with Crippen molar-refractivity contribution in [3.8, 4) is 0 Å². The van der Waals surface area contributed by atoms with Gasteiger partial charge in [0.1, 0.15) is 43.0 Å². The SMILES string of the molecule is COC1C(OP(=O)(O)OC[C@H]2O[C@@H](n3cnc4c(=O)[nH]c(N)nc43)C(O)C2O)[C@@H](COP(=O)(O)O)O[C@H]1n1cnc2c(NCc3ccc(C)cc3)ncnc21. The topological polar surface area (TPSA) is 336 Å². The zero-order valence-corrected chi connectivity index (χ0v) is 30.6. The Hall–Kier alpha value is -4.26. The van der Waals surface area contributed by atoms with Crippen LogP contribution in [0.4, 0.5) is 11.8 Å². The Labute approximate surface area is 309 Å². The van der Waals surface area contributed by atoms with Crippen LogP contribution in [0.2, 0.25) is 0 Å². The number of anilines is 2. The van der Waals surface area contributed by atoms with E-state index in [1.165, 1.54) is 24.3 Å². The fourth-order valence-corrected chi connectivity index (χ4v) is 7.55. The summed E-state index contributed by atoms with van der Waals surface area (Å²) >= 11 is 0. The molecule has 296 valence electrons. The predicted octanol–water partition coefficient (Wildman–Crippen LogP) is -0.395. The molecule has 7 rings (SSSR count). The van der Waals surface area contributed by atoms with Crippen molar-refractivity contribution in [1.82, 2.24) is 39.0 Å². The van der Waals surface area contributed by atoms with Gasteiger partial charge in [-0.1, -0.05) is 29.8 Å². The number of benzene rings is 1. The molecule has 0 amide bonds. The molecule has 0 spiro atoms. The minimum atomic E-state index is -5.16. The Morgan fingerprint density at radius 1 is 0.891 bits per heavy atom. The van der Waals surface area contributed by atoms with E-state index in [-0.39, 0.29) is 22.8 Å². The number of nitrogen functional groups attached to an aromatic ring is 1. The third kappa shape index (κ3) is 8.18. The number of H-pyrrole nitrogens is 1. The molecule has 0 saturated carbocycles. The highest BCUT2D eigenvalue weighted by molar-refractivity contribution is 7.47. The highest BCUT2D eigenvalue weighted by atomic mass is 31.2. The minimum Gasteiger partial charge on any atom is -0.387 e. The maximum absolute atomic E-state index is 13.4. The lowest BCUT2D eigenvalue weighted by molar-refractivity contribution is -0.0582. The van der Waals surface area contributed by atoms with Crippen LogP contribution in [0.5, 0.6) is 0 Å². The third-order valence-electron chi connectivity index (χ3n) is 8.90. The van der Waals surface area contributed by atoms with Crippen molar-refractivity contribution in [1.29, 1.82) is 0 Å². The molecule has 6 heterocycles. The van der Waals surface area contributed by atoms with Crippen LogP contribution in [0, 0.1) is 6.92 Å². The maximum Gasteiger partial charge on any atom is 0.472 e. The lowest BCUT2D eigenvalue weighted by atomic mass is 10.1. The van der Waals surface area contributed by atoms with Crippen LogP contribution in [0.25, 0.3) is 22.3 Å². The van der Waals surface area contributed by atoms with E-state index >= 15 is 0 Å². The van der Waals surface area contributed by atoms with E-state index in [9.17, 15) is 38.8 Å². The summed E-state index contributed by atoms with van der Waals surface area (Å²) in [6, 6.07) is 7.87. The number of nitrogens with one attached hydrogen (secondary N) is 2. The zero-order valence-electron chi connectivity index (χ0n) is 28.8. The molecule has 0 radical (unpaired) electrons. The fourth-order valence-electron chi connectivity index (χ4n) is 6.25. The molecular weight excluding hydrogens is 774 g/mol. The van der Waals surface area contributed by atoms with Gasteiger partial charge in [-0.3, -0.25) is 32.5 Å². The van der Waals surface area contributed by atoms with Gasteiger partial charge < -0.3 is 50.2 Å². The van der Waals surface area contributed by atoms with E-state index < -0.39 is 83.5 Å². The lowest BCUT2D eigenvalue weighted by Gasteiger charge is -2.26. The Bertz CT molecular complexity index is 2320. The van der Waals surface area contributed by atoms with Crippen molar-refractivity contribution in [2.45, 2.75) is 62.5 Å². The summed E-state index contributed by atoms with van der Waals surface area (Å²) in [5.41, 5.74) is 7.47. The van der Waals surface area contributed by atoms with Crippen molar-refractivity contribution in [3.63, 3.8) is 0 Å². The average Bonchev–Trinajstić information content (AvgIpc) is 3.90. The third-order valence-corrected chi connectivity index (χ3v) is 10.4. The second-order valence-electron chi connectivity index (χ2n) is 12.6. The number of aromatic nitrogens is 8. The Morgan fingerprint density at radius 2 is 1.56 bits per heavy atom. The molecule has 9 atom stereocenters. The average molecular weight is 811 g/mol. The zero-order chi connectivity index (χ0) is 39.2. The predicted molar refractivity (Wildman–Crippen MR) is 186 cm³/mol. The van der Waals surface area contributed by atoms with Crippen LogP contribution < -0.4 is 16.6 Å². The molecule has 2 aliphatic heterocycles. The number of ether oxygens (including phenoxy) is 3. The van der Waals surface area contributed by atoms with Crippen molar-refractivity contribution in [2.75, 3.05) is 31.4 Å². The van der Waals surface area contributed by atoms with Gasteiger partial charge in [0.2, 0.25) is 5.95 Å². The molecular formula is C29H36N10O14P2. The van der Waals surface area contributed by atoms with Crippen LogP contribution >= 0.6 is 15.6 Å². The smallest absolute Gasteiger partial charge is 0.387 e. The van der Waals surface area contributed by atoms with E-state index in [1.54, 1.807) is 0 Å². The molecule has 5 aromatic rings. The molecule has 0 aliphatic carbocycles. The first-order valence-corrected chi connectivity index (χ1v) is 19.4. The Balaban J connectivity index is 1.08. The molecule has 9 N–H and O–H groups in total. The van der Waals surface area contributed by atoms with Crippen LogP contribution in [-0.2, 0) is 43.5 Å². The van der Waals surface area contributed by atoms with Gasteiger partial charge in [-0.05, 0) is 12.5 Å².